The fourth-order valence-corrected chi connectivity index (χ4v) is 2.72. The largest absolute Gasteiger partial charge is 0.399 e. The molecule has 6 heteroatoms. The van der Waals surface area contributed by atoms with Crippen molar-refractivity contribution in [1.82, 2.24) is 0 Å². The molecule has 102 valence electrons. The van der Waals surface area contributed by atoms with E-state index in [1.807, 2.05) is 13.8 Å². The number of hydrogen-bond acceptors (Lipinski definition) is 4. The topological polar surface area (TPSA) is 81.4 Å². The number of anilines is 2. The molecular formula is C12H20N2O3S. The van der Waals surface area contributed by atoms with Crippen molar-refractivity contribution in [3.05, 3.63) is 23.3 Å². The molecule has 1 aromatic rings. The summed E-state index contributed by atoms with van der Waals surface area (Å²) < 4.78 is 31.1. The zero-order valence-corrected chi connectivity index (χ0v) is 11.8. The average molecular weight is 272 g/mol. The maximum atomic E-state index is 11.8. The molecule has 1 aromatic carbocycles. The van der Waals surface area contributed by atoms with Gasteiger partial charge < -0.3 is 10.5 Å². The van der Waals surface area contributed by atoms with E-state index in [4.69, 9.17) is 10.5 Å². The Morgan fingerprint density at radius 2 is 1.94 bits per heavy atom. The summed E-state index contributed by atoms with van der Waals surface area (Å²) in [5, 5.41) is 0. The fraction of sp³-hybridized carbons (Fsp3) is 0.500. The van der Waals surface area contributed by atoms with Gasteiger partial charge in [0, 0.05) is 19.4 Å². The van der Waals surface area contributed by atoms with Crippen molar-refractivity contribution in [3.63, 3.8) is 0 Å². The number of nitrogens with one attached hydrogen (secondary N) is 1. The van der Waals surface area contributed by atoms with Gasteiger partial charge in [-0.2, -0.15) is 0 Å². The minimum atomic E-state index is -3.33. The number of rotatable bonds is 6. The van der Waals surface area contributed by atoms with E-state index < -0.39 is 10.0 Å². The minimum Gasteiger partial charge on any atom is -0.399 e. The molecule has 0 heterocycles. The van der Waals surface area contributed by atoms with Gasteiger partial charge in [-0.15, -0.1) is 0 Å². The third kappa shape index (κ3) is 4.19. The van der Waals surface area contributed by atoms with Gasteiger partial charge in [0.25, 0.3) is 0 Å². The smallest absolute Gasteiger partial charge is 0.232 e. The van der Waals surface area contributed by atoms with Crippen molar-refractivity contribution >= 4 is 21.4 Å². The molecule has 0 fully saturated rings. The van der Waals surface area contributed by atoms with Crippen LogP contribution in [0.2, 0.25) is 0 Å². The molecule has 5 nitrogen and oxygen atoms in total. The second-order valence-electron chi connectivity index (χ2n) is 4.29. The van der Waals surface area contributed by atoms with Crippen molar-refractivity contribution in [2.45, 2.75) is 20.3 Å². The van der Waals surface area contributed by atoms with Gasteiger partial charge in [0.1, 0.15) is 0 Å². The predicted octanol–water partition coefficient (Wildman–Crippen LogP) is 1.66. The summed E-state index contributed by atoms with van der Waals surface area (Å²) >= 11 is 0. The highest BCUT2D eigenvalue weighted by atomic mass is 32.2. The van der Waals surface area contributed by atoms with Crippen LogP contribution in [0.4, 0.5) is 11.4 Å². The maximum absolute atomic E-state index is 11.8. The Kier molecular flexibility index (Phi) is 4.98. The van der Waals surface area contributed by atoms with Crippen molar-refractivity contribution in [2.24, 2.45) is 0 Å². The van der Waals surface area contributed by atoms with Crippen LogP contribution in [-0.2, 0) is 14.8 Å². The highest BCUT2D eigenvalue weighted by Gasteiger charge is 2.12. The van der Waals surface area contributed by atoms with E-state index >= 15 is 0 Å². The number of sulfonamides is 1. The second-order valence-corrected chi connectivity index (χ2v) is 6.13. The number of benzene rings is 1. The first-order chi connectivity index (χ1) is 8.35. The third-order valence-electron chi connectivity index (χ3n) is 2.64. The fourth-order valence-electron chi connectivity index (χ4n) is 1.56. The Labute approximate surface area is 108 Å². The van der Waals surface area contributed by atoms with Gasteiger partial charge in [-0.1, -0.05) is 0 Å². The molecule has 0 spiro atoms. The van der Waals surface area contributed by atoms with Gasteiger partial charge in [0.05, 0.1) is 11.4 Å². The van der Waals surface area contributed by atoms with E-state index in [-0.39, 0.29) is 5.75 Å². The monoisotopic (exact) mass is 272 g/mol. The van der Waals surface area contributed by atoms with Gasteiger partial charge in [0.15, 0.2) is 0 Å². The van der Waals surface area contributed by atoms with Gasteiger partial charge in [-0.3, -0.25) is 4.72 Å². The van der Waals surface area contributed by atoms with Crippen LogP contribution in [-0.4, -0.2) is 27.9 Å². The summed E-state index contributed by atoms with van der Waals surface area (Å²) in [6, 6.07) is 3.51. The average Bonchev–Trinajstić information content (AvgIpc) is 2.26. The molecule has 0 radical (unpaired) electrons. The number of aryl methyl sites for hydroxylation is 2. The summed E-state index contributed by atoms with van der Waals surface area (Å²) in [6.45, 7) is 4.10. The number of nitrogens with two attached hydrogens (primary N) is 1. The molecule has 0 aliphatic rings. The molecule has 0 aliphatic heterocycles. The Balaban J connectivity index is 2.81. The number of hydrogen-bond donors (Lipinski definition) is 2. The van der Waals surface area contributed by atoms with E-state index in [0.717, 1.165) is 11.1 Å². The quantitative estimate of drug-likeness (QED) is 0.609. The van der Waals surface area contributed by atoms with Crippen LogP contribution < -0.4 is 10.5 Å². The molecule has 0 amide bonds. The Morgan fingerprint density at radius 1 is 1.28 bits per heavy atom. The lowest BCUT2D eigenvalue weighted by molar-refractivity contribution is 0.199. The summed E-state index contributed by atoms with van der Waals surface area (Å²) in [7, 11) is -1.78. The number of ether oxygens (including phenoxy) is 1. The third-order valence-corrected chi connectivity index (χ3v) is 4.00. The van der Waals surface area contributed by atoms with Crippen molar-refractivity contribution in [1.29, 1.82) is 0 Å². The van der Waals surface area contributed by atoms with Crippen LogP contribution in [0.3, 0.4) is 0 Å². The first-order valence-electron chi connectivity index (χ1n) is 5.72. The Morgan fingerprint density at radius 3 is 2.56 bits per heavy atom. The van der Waals surface area contributed by atoms with Crippen LogP contribution in [0.15, 0.2) is 12.1 Å². The van der Waals surface area contributed by atoms with E-state index in [2.05, 4.69) is 4.72 Å². The zero-order chi connectivity index (χ0) is 13.8. The first kappa shape index (κ1) is 14.8. The lowest BCUT2D eigenvalue weighted by atomic mass is 10.1. The van der Waals surface area contributed by atoms with E-state index in [9.17, 15) is 8.42 Å². The van der Waals surface area contributed by atoms with Crippen LogP contribution >= 0.6 is 0 Å². The zero-order valence-electron chi connectivity index (χ0n) is 11.0. The van der Waals surface area contributed by atoms with E-state index in [0.29, 0.717) is 24.4 Å². The normalized spacial score (nSPS) is 11.5. The lowest BCUT2D eigenvalue weighted by Crippen LogP contribution is -2.18. The maximum Gasteiger partial charge on any atom is 0.232 e. The highest BCUT2D eigenvalue weighted by Crippen LogP contribution is 2.23. The molecule has 0 saturated heterocycles. The molecule has 1 rings (SSSR count). The summed E-state index contributed by atoms with van der Waals surface area (Å²) in [4.78, 5) is 0. The van der Waals surface area contributed by atoms with Crippen molar-refractivity contribution in [3.8, 4) is 0 Å². The van der Waals surface area contributed by atoms with Crippen LogP contribution in [0.5, 0.6) is 0 Å². The molecule has 18 heavy (non-hydrogen) atoms. The number of nitrogen functional groups attached to an aromatic ring is 1. The Hall–Kier alpha value is -1.27. The van der Waals surface area contributed by atoms with Crippen molar-refractivity contribution in [2.75, 3.05) is 29.9 Å². The van der Waals surface area contributed by atoms with Crippen molar-refractivity contribution < 1.29 is 13.2 Å². The standard InChI is InChI=1S/C12H20N2O3S/c1-9-8-12(10(2)7-11(9)13)14-18(15,16)6-4-5-17-3/h7-8,14H,4-6,13H2,1-3H3. The minimum absolute atomic E-state index is 0.0453. The summed E-state index contributed by atoms with van der Waals surface area (Å²) in [5.74, 6) is 0.0453. The molecule has 0 saturated carbocycles. The molecular weight excluding hydrogens is 252 g/mol. The highest BCUT2D eigenvalue weighted by molar-refractivity contribution is 7.92. The van der Waals surface area contributed by atoms with Gasteiger partial charge in [0.2, 0.25) is 10.0 Å². The summed E-state index contributed by atoms with van der Waals surface area (Å²) in [5.41, 5.74) is 8.67. The summed E-state index contributed by atoms with van der Waals surface area (Å²) in [6.07, 6.45) is 0.471. The van der Waals surface area contributed by atoms with Crippen LogP contribution in [0.1, 0.15) is 17.5 Å². The molecule has 0 atom stereocenters. The van der Waals surface area contributed by atoms with Crippen LogP contribution in [0.25, 0.3) is 0 Å². The molecule has 0 bridgehead atoms. The molecule has 0 unspecified atom stereocenters. The lowest BCUT2D eigenvalue weighted by Gasteiger charge is -2.12. The Bertz CT molecular complexity index is 512. The second kappa shape index (κ2) is 6.06. The van der Waals surface area contributed by atoms with E-state index in [1.54, 1.807) is 19.2 Å². The first-order valence-corrected chi connectivity index (χ1v) is 7.37. The van der Waals surface area contributed by atoms with Gasteiger partial charge in [-0.25, -0.2) is 8.42 Å². The van der Waals surface area contributed by atoms with Gasteiger partial charge in [-0.05, 0) is 43.5 Å². The van der Waals surface area contributed by atoms with Crippen LogP contribution in [0, 0.1) is 13.8 Å². The van der Waals surface area contributed by atoms with E-state index in [1.165, 1.54) is 0 Å². The number of methoxy groups -OCH3 is 1. The molecule has 3 N–H and O–H groups in total. The SMILES string of the molecule is COCCCS(=O)(=O)Nc1cc(C)c(N)cc1C. The predicted molar refractivity (Wildman–Crippen MR) is 74.2 cm³/mol. The molecule has 0 aliphatic carbocycles. The molecule has 0 aromatic heterocycles. The van der Waals surface area contributed by atoms with Gasteiger partial charge >= 0.3 is 0 Å².